The fraction of sp³-hybridized carbons (Fsp3) is 0.692. The van der Waals surface area contributed by atoms with Gasteiger partial charge < -0.3 is 5.11 Å². The molecule has 0 aliphatic heterocycles. The van der Waals surface area contributed by atoms with E-state index < -0.39 is 5.97 Å². The van der Waals surface area contributed by atoms with Gasteiger partial charge in [0, 0.05) is 12.1 Å². The highest BCUT2D eigenvalue weighted by atomic mass is 16.4. The monoisotopic (exact) mass is 236 g/mol. The standard InChI is InChI=1S/C13H20N2O2/c1-9(2)7-8-15-12(13(16)17)10-5-3-4-6-11(10)14-15/h9H,3-8H2,1-2H3,(H,16,17). The summed E-state index contributed by atoms with van der Waals surface area (Å²) in [6, 6.07) is 0. The first kappa shape index (κ1) is 12.1. The van der Waals surface area contributed by atoms with Crippen LogP contribution in [0.1, 0.15) is 54.9 Å². The lowest BCUT2D eigenvalue weighted by molar-refractivity contribution is 0.0681. The van der Waals surface area contributed by atoms with Crippen molar-refractivity contribution in [3.8, 4) is 0 Å². The average Bonchev–Trinajstić information content (AvgIpc) is 2.64. The van der Waals surface area contributed by atoms with E-state index in [0.717, 1.165) is 43.4 Å². The average molecular weight is 236 g/mol. The number of rotatable bonds is 4. The first-order valence-corrected chi connectivity index (χ1v) is 6.41. The Kier molecular flexibility index (Phi) is 3.50. The van der Waals surface area contributed by atoms with E-state index in [2.05, 4.69) is 18.9 Å². The molecule has 0 bridgehead atoms. The molecule has 0 atom stereocenters. The van der Waals surface area contributed by atoms with Crippen LogP contribution in [0.3, 0.4) is 0 Å². The quantitative estimate of drug-likeness (QED) is 0.873. The van der Waals surface area contributed by atoms with Crippen LogP contribution < -0.4 is 0 Å². The Hall–Kier alpha value is -1.32. The van der Waals surface area contributed by atoms with E-state index in [0.29, 0.717) is 18.2 Å². The summed E-state index contributed by atoms with van der Waals surface area (Å²) in [7, 11) is 0. The van der Waals surface area contributed by atoms with E-state index in [9.17, 15) is 9.90 Å². The minimum Gasteiger partial charge on any atom is -0.477 e. The largest absolute Gasteiger partial charge is 0.477 e. The third-order valence-electron chi connectivity index (χ3n) is 3.34. The molecule has 1 aliphatic rings. The summed E-state index contributed by atoms with van der Waals surface area (Å²) < 4.78 is 1.71. The second-order valence-corrected chi connectivity index (χ2v) is 5.19. The SMILES string of the molecule is CC(C)CCn1nc2c(c1C(=O)O)CCCC2. The second kappa shape index (κ2) is 4.90. The number of fused-ring (bicyclic) bond motifs is 1. The molecular formula is C13H20N2O2. The highest BCUT2D eigenvalue weighted by Gasteiger charge is 2.24. The molecule has 0 fully saturated rings. The van der Waals surface area contributed by atoms with Gasteiger partial charge in [0.2, 0.25) is 0 Å². The van der Waals surface area contributed by atoms with Crippen molar-refractivity contribution in [1.29, 1.82) is 0 Å². The van der Waals surface area contributed by atoms with Gasteiger partial charge in [-0.3, -0.25) is 4.68 Å². The molecule has 1 N–H and O–H groups in total. The van der Waals surface area contributed by atoms with Crippen molar-refractivity contribution in [1.82, 2.24) is 9.78 Å². The highest BCUT2D eigenvalue weighted by molar-refractivity contribution is 5.87. The van der Waals surface area contributed by atoms with Crippen LogP contribution in [-0.4, -0.2) is 20.9 Å². The first-order valence-electron chi connectivity index (χ1n) is 6.41. The highest BCUT2D eigenvalue weighted by Crippen LogP contribution is 2.24. The molecule has 0 aromatic carbocycles. The lowest BCUT2D eigenvalue weighted by Crippen LogP contribution is -2.13. The molecule has 1 aromatic heterocycles. The van der Waals surface area contributed by atoms with Crippen LogP contribution in [-0.2, 0) is 19.4 Å². The summed E-state index contributed by atoms with van der Waals surface area (Å²) in [4.78, 5) is 11.3. The number of aromatic nitrogens is 2. The van der Waals surface area contributed by atoms with Gasteiger partial charge in [0.05, 0.1) is 5.69 Å². The summed E-state index contributed by atoms with van der Waals surface area (Å²) >= 11 is 0. The molecule has 0 amide bonds. The van der Waals surface area contributed by atoms with Crippen LogP contribution in [0.15, 0.2) is 0 Å². The molecule has 94 valence electrons. The lowest BCUT2D eigenvalue weighted by atomic mass is 9.96. The molecule has 2 rings (SSSR count). The van der Waals surface area contributed by atoms with E-state index in [1.54, 1.807) is 4.68 Å². The first-order chi connectivity index (χ1) is 8.09. The Balaban J connectivity index is 2.30. The van der Waals surface area contributed by atoms with Crippen molar-refractivity contribution in [3.05, 3.63) is 17.0 Å². The number of aryl methyl sites for hydroxylation is 2. The van der Waals surface area contributed by atoms with Gasteiger partial charge in [0.1, 0.15) is 5.69 Å². The molecule has 1 aliphatic carbocycles. The molecule has 1 heterocycles. The van der Waals surface area contributed by atoms with Gasteiger partial charge in [-0.05, 0) is 38.0 Å². The molecule has 17 heavy (non-hydrogen) atoms. The predicted molar refractivity (Wildman–Crippen MR) is 65.3 cm³/mol. The third kappa shape index (κ3) is 2.51. The molecule has 1 aromatic rings. The van der Waals surface area contributed by atoms with E-state index in [4.69, 9.17) is 0 Å². The molecular weight excluding hydrogens is 216 g/mol. The van der Waals surface area contributed by atoms with Crippen molar-refractivity contribution >= 4 is 5.97 Å². The Bertz CT molecular complexity index is 421. The molecule has 0 saturated heterocycles. The Morgan fingerprint density at radius 2 is 2.12 bits per heavy atom. The number of aromatic carboxylic acids is 1. The van der Waals surface area contributed by atoms with Crippen molar-refractivity contribution in [3.63, 3.8) is 0 Å². The van der Waals surface area contributed by atoms with Crippen LogP contribution in [0.25, 0.3) is 0 Å². The third-order valence-corrected chi connectivity index (χ3v) is 3.34. The van der Waals surface area contributed by atoms with Gasteiger partial charge >= 0.3 is 5.97 Å². The maximum atomic E-state index is 11.3. The summed E-state index contributed by atoms with van der Waals surface area (Å²) in [6.07, 6.45) is 5.00. The van der Waals surface area contributed by atoms with Gasteiger partial charge in [-0.1, -0.05) is 13.8 Å². The molecule has 0 unspecified atom stereocenters. The zero-order valence-corrected chi connectivity index (χ0v) is 10.6. The van der Waals surface area contributed by atoms with Gasteiger partial charge in [0.15, 0.2) is 0 Å². The smallest absolute Gasteiger partial charge is 0.354 e. The van der Waals surface area contributed by atoms with Gasteiger partial charge in [-0.15, -0.1) is 0 Å². The summed E-state index contributed by atoms with van der Waals surface area (Å²) in [5.41, 5.74) is 2.42. The predicted octanol–water partition coefficient (Wildman–Crippen LogP) is 2.51. The van der Waals surface area contributed by atoms with Crippen molar-refractivity contribution in [2.45, 2.75) is 52.5 Å². The van der Waals surface area contributed by atoms with Gasteiger partial charge in [-0.25, -0.2) is 4.79 Å². The van der Waals surface area contributed by atoms with Gasteiger partial charge in [-0.2, -0.15) is 5.10 Å². The topological polar surface area (TPSA) is 55.1 Å². The Labute approximate surface area is 102 Å². The summed E-state index contributed by atoms with van der Waals surface area (Å²) in [6.45, 7) is 5.00. The maximum Gasteiger partial charge on any atom is 0.354 e. The van der Waals surface area contributed by atoms with E-state index in [1.165, 1.54) is 0 Å². The van der Waals surface area contributed by atoms with Crippen molar-refractivity contribution < 1.29 is 9.90 Å². The maximum absolute atomic E-state index is 11.3. The minimum absolute atomic E-state index is 0.431. The number of hydrogen-bond donors (Lipinski definition) is 1. The van der Waals surface area contributed by atoms with Crippen LogP contribution in [0.2, 0.25) is 0 Å². The second-order valence-electron chi connectivity index (χ2n) is 5.19. The summed E-state index contributed by atoms with van der Waals surface area (Å²) in [5, 5.41) is 13.8. The van der Waals surface area contributed by atoms with Gasteiger partial charge in [0.25, 0.3) is 0 Å². The molecule has 4 nitrogen and oxygen atoms in total. The Morgan fingerprint density at radius 3 is 2.76 bits per heavy atom. The number of nitrogens with zero attached hydrogens (tertiary/aromatic N) is 2. The van der Waals surface area contributed by atoms with Crippen molar-refractivity contribution in [2.75, 3.05) is 0 Å². The van der Waals surface area contributed by atoms with Crippen LogP contribution in [0, 0.1) is 5.92 Å². The van der Waals surface area contributed by atoms with Crippen LogP contribution in [0.5, 0.6) is 0 Å². The minimum atomic E-state index is -0.829. The van der Waals surface area contributed by atoms with E-state index in [-0.39, 0.29) is 0 Å². The number of carboxylic acids is 1. The molecule has 4 heteroatoms. The zero-order chi connectivity index (χ0) is 12.4. The normalized spacial score (nSPS) is 15.0. The number of carbonyl (C=O) groups is 1. The summed E-state index contributed by atoms with van der Waals surface area (Å²) in [5.74, 6) is -0.262. The fourth-order valence-electron chi connectivity index (χ4n) is 2.39. The zero-order valence-electron chi connectivity index (χ0n) is 10.6. The number of carboxylic acid groups (broad SMARTS) is 1. The van der Waals surface area contributed by atoms with E-state index >= 15 is 0 Å². The molecule has 0 saturated carbocycles. The molecule has 0 radical (unpaired) electrons. The van der Waals surface area contributed by atoms with E-state index in [1.807, 2.05) is 0 Å². The van der Waals surface area contributed by atoms with Crippen molar-refractivity contribution in [2.24, 2.45) is 5.92 Å². The Morgan fingerprint density at radius 1 is 1.41 bits per heavy atom. The van der Waals surface area contributed by atoms with Crippen LogP contribution >= 0.6 is 0 Å². The molecule has 0 spiro atoms. The fourth-order valence-corrected chi connectivity index (χ4v) is 2.39. The number of hydrogen-bond acceptors (Lipinski definition) is 2. The lowest BCUT2D eigenvalue weighted by Gasteiger charge is -2.09. The van der Waals surface area contributed by atoms with Crippen LogP contribution in [0.4, 0.5) is 0 Å².